The molecular formula is C16H14NO3Si. The summed E-state index contributed by atoms with van der Waals surface area (Å²) in [7, 11) is 3.08. The van der Waals surface area contributed by atoms with Gasteiger partial charge in [-0.25, -0.2) is 0 Å². The molecule has 1 atom stereocenters. The van der Waals surface area contributed by atoms with E-state index in [-0.39, 0.29) is 5.69 Å². The fraction of sp³-hybridized carbons (Fsp3) is 0.125. The predicted molar refractivity (Wildman–Crippen MR) is 82.9 cm³/mol. The molecular weight excluding hydrogens is 282 g/mol. The van der Waals surface area contributed by atoms with Crippen LogP contribution in [-0.4, -0.2) is 15.4 Å². The van der Waals surface area contributed by atoms with Gasteiger partial charge in [0.2, 0.25) is 10.5 Å². The first kappa shape index (κ1) is 15.2. The van der Waals surface area contributed by atoms with Gasteiger partial charge in [-0.3, -0.25) is 10.1 Å². The number of nitro groups is 1. The maximum Gasteiger partial charge on any atom is 0.282 e. The van der Waals surface area contributed by atoms with Crippen LogP contribution in [0.5, 0.6) is 0 Å². The zero-order valence-electron chi connectivity index (χ0n) is 11.6. The molecule has 0 aliphatic heterocycles. The fourth-order valence-electron chi connectivity index (χ4n) is 2.34. The Bertz CT molecular complexity index is 672. The second-order valence-corrected chi connectivity index (χ2v) is 4.91. The van der Waals surface area contributed by atoms with Gasteiger partial charge in [-0.2, -0.15) is 0 Å². The number of rotatable bonds is 5. The second-order valence-electron chi connectivity index (χ2n) is 4.71. The number of nitrogens with zero attached hydrogens (tertiary/aromatic N) is 1. The summed E-state index contributed by atoms with van der Waals surface area (Å²) in [5.74, 6) is 0. The van der Waals surface area contributed by atoms with Crippen molar-refractivity contribution in [2.24, 2.45) is 0 Å². The van der Waals surface area contributed by atoms with Gasteiger partial charge >= 0.3 is 0 Å². The number of benzene rings is 2. The van der Waals surface area contributed by atoms with E-state index in [9.17, 15) is 10.1 Å². The Morgan fingerprint density at radius 2 is 1.90 bits per heavy atom. The third kappa shape index (κ3) is 2.65. The highest BCUT2D eigenvalue weighted by Crippen LogP contribution is 2.39. The van der Waals surface area contributed by atoms with Crippen LogP contribution in [0, 0.1) is 10.1 Å². The van der Waals surface area contributed by atoms with Gasteiger partial charge in [0.15, 0.2) is 0 Å². The van der Waals surface area contributed by atoms with Crippen LogP contribution in [-0.2, 0) is 10.0 Å². The van der Waals surface area contributed by atoms with Crippen LogP contribution in [0.4, 0.5) is 5.69 Å². The molecule has 0 amide bonds. The first-order valence-corrected chi connectivity index (χ1v) is 6.76. The molecule has 0 spiro atoms. The highest BCUT2D eigenvalue weighted by molar-refractivity contribution is 5.98. The number of para-hydroxylation sites is 1. The van der Waals surface area contributed by atoms with Crippen LogP contribution in [0.1, 0.15) is 23.6 Å². The van der Waals surface area contributed by atoms with E-state index < -0.39 is 10.5 Å². The Kier molecular flexibility index (Phi) is 4.35. The zero-order valence-corrected chi connectivity index (χ0v) is 12.6. The Morgan fingerprint density at radius 1 is 1.24 bits per heavy atom. The second kappa shape index (κ2) is 6.03. The quantitative estimate of drug-likeness (QED) is 0.481. The summed E-state index contributed by atoms with van der Waals surface area (Å²) in [6.07, 6.45) is 1.47. The van der Waals surface area contributed by atoms with Crippen LogP contribution in [0.15, 0.2) is 55.1 Å². The van der Waals surface area contributed by atoms with Crippen molar-refractivity contribution in [3.05, 3.63) is 81.9 Å². The summed E-state index contributed by atoms with van der Waals surface area (Å²) in [4.78, 5) is 11.1. The highest BCUT2D eigenvalue weighted by Gasteiger charge is 2.35. The molecule has 5 heteroatoms. The summed E-state index contributed by atoms with van der Waals surface area (Å²) in [6.45, 7) is 5.42. The van der Waals surface area contributed by atoms with Crippen molar-refractivity contribution in [3.8, 4) is 0 Å². The molecule has 0 fully saturated rings. The molecule has 0 saturated heterocycles. The van der Waals surface area contributed by atoms with Gasteiger partial charge in [-0.15, -0.1) is 0 Å². The molecule has 2 aromatic rings. The lowest BCUT2D eigenvalue weighted by atomic mass is 9.86. The molecule has 4 nitrogen and oxygen atoms in total. The SMILES string of the molecule is C=Cc1cccc(C(C)(O[Si])c2ccccc2)c1[N+](=O)[O-]. The molecule has 0 heterocycles. The summed E-state index contributed by atoms with van der Waals surface area (Å²) >= 11 is 0. The van der Waals surface area contributed by atoms with Crippen LogP contribution in [0.3, 0.4) is 0 Å². The van der Waals surface area contributed by atoms with Gasteiger partial charge in [-0.1, -0.05) is 49.1 Å². The zero-order chi connectivity index (χ0) is 15.5. The molecule has 105 valence electrons. The summed E-state index contributed by atoms with van der Waals surface area (Å²) in [6, 6.07) is 14.4. The summed E-state index contributed by atoms with van der Waals surface area (Å²) in [5, 5.41) is 11.5. The van der Waals surface area contributed by atoms with Crippen LogP contribution >= 0.6 is 0 Å². The van der Waals surface area contributed by atoms with E-state index in [1.54, 1.807) is 25.1 Å². The van der Waals surface area contributed by atoms with Crippen molar-refractivity contribution in [1.82, 2.24) is 0 Å². The average molecular weight is 296 g/mol. The lowest BCUT2D eigenvalue weighted by Crippen LogP contribution is -2.27. The van der Waals surface area contributed by atoms with Crippen molar-refractivity contribution in [1.29, 1.82) is 0 Å². The van der Waals surface area contributed by atoms with Crippen LogP contribution in [0.2, 0.25) is 0 Å². The average Bonchev–Trinajstić information content (AvgIpc) is 2.54. The molecule has 0 bridgehead atoms. The normalized spacial score (nSPS) is 13.4. The smallest absolute Gasteiger partial charge is 0.282 e. The maximum atomic E-state index is 11.5. The minimum Gasteiger partial charge on any atom is -0.405 e. The molecule has 0 aliphatic rings. The van der Waals surface area contributed by atoms with Crippen LogP contribution < -0.4 is 0 Å². The number of nitro benzene ring substituents is 1. The number of hydrogen-bond acceptors (Lipinski definition) is 3. The van der Waals surface area contributed by atoms with Gasteiger partial charge in [0.05, 0.1) is 16.1 Å². The maximum absolute atomic E-state index is 11.5. The van der Waals surface area contributed by atoms with E-state index in [1.165, 1.54) is 6.08 Å². The van der Waals surface area contributed by atoms with Crippen molar-refractivity contribution in [2.75, 3.05) is 0 Å². The van der Waals surface area contributed by atoms with E-state index in [0.29, 0.717) is 11.1 Å². The van der Waals surface area contributed by atoms with Crippen molar-refractivity contribution in [2.45, 2.75) is 12.5 Å². The van der Waals surface area contributed by atoms with E-state index in [0.717, 1.165) is 5.56 Å². The van der Waals surface area contributed by atoms with Crippen LogP contribution in [0.25, 0.3) is 6.08 Å². The van der Waals surface area contributed by atoms with E-state index in [4.69, 9.17) is 4.43 Å². The largest absolute Gasteiger partial charge is 0.405 e. The number of hydrogen-bond donors (Lipinski definition) is 0. The topological polar surface area (TPSA) is 52.4 Å². The monoisotopic (exact) mass is 296 g/mol. The predicted octanol–water partition coefficient (Wildman–Crippen LogP) is 3.60. The Labute approximate surface area is 126 Å². The van der Waals surface area contributed by atoms with Gasteiger partial charge in [-0.05, 0) is 24.6 Å². The minimum atomic E-state index is -0.987. The molecule has 0 N–H and O–H groups in total. The standard InChI is InChI=1S/C16H14NO3Si/c1-3-12-8-7-11-14(15(12)17(18)19)16(2,20-21)13-9-5-4-6-10-13/h3-11H,1H2,2H3. The summed E-state index contributed by atoms with van der Waals surface area (Å²) in [5.41, 5.74) is 0.746. The van der Waals surface area contributed by atoms with E-state index in [1.807, 2.05) is 30.3 Å². The molecule has 3 radical (unpaired) electrons. The van der Waals surface area contributed by atoms with Gasteiger partial charge in [0, 0.05) is 0 Å². The Morgan fingerprint density at radius 3 is 2.43 bits per heavy atom. The molecule has 0 saturated carbocycles. The van der Waals surface area contributed by atoms with Crippen molar-refractivity contribution in [3.63, 3.8) is 0 Å². The molecule has 1 unspecified atom stereocenters. The molecule has 0 aromatic heterocycles. The first-order chi connectivity index (χ1) is 10.0. The Hall–Kier alpha value is -2.24. The van der Waals surface area contributed by atoms with E-state index in [2.05, 4.69) is 17.1 Å². The van der Waals surface area contributed by atoms with Gasteiger partial charge in [0.25, 0.3) is 5.69 Å². The highest BCUT2D eigenvalue weighted by atomic mass is 28.2. The summed E-state index contributed by atoms with van der Waals surface area (Å²) < 4.78 is 5.47. The van der Waals surface area contributed by atoms with Crippen molar-refractivity contribution >= 4 is 22.2 Å². The van der Waals surface area contributed by atoms with Gasteiger partial charge in [0.1, 0.15) is 5.60 Å². The fourth-order valence-corrected chi connectivity index (χ4v) is 2.57. The van der Waals surface area contributed by atoms with Crippen molar-refractivity contribution < 1.29 is 9.35 Å². The first-order valence-electron chi connectivity index (χ1n) is 6.35. The third-order valence-corrected chi connectivity index (χ3v) is 3.92. The third-order valence-electron chi connectivity index (χ3n) is 3.51. The lowest BCUT2D eigenvalue weighted by molar-refractivity contribution is -0.386. The molecule has 0 aliphatic carbocycles. The molecule has 2 aromatic carbocycles. The minimum absolute atomic E-state index is 0.00268. The molecule has 2 rings (SSSR count). The molecule has 21 heavy (non-hydrogen) atoms. The Balaban J connectivity index is 2.74. The van der Waals surface area contributed by atoms with E-state index >= 15 is 0 Å². The lowest BCUT2D eigenvalue weighted by Gasteiger charge is -2.29. The van der Waals surface area contributed by atoms with Gasteiger partial charge < -0.3 is 4.43 Å².